The Labute approximate surface area is 175 Å². The zero-order chi connectivity index (χ0) is 21.0. The van der Waals surface area contributed by atoms with Crippen LogP contribution in [0.2, 0.25) is 5.02 Å². The van der Waals surface area contributed by atoms with Crippen LogP contribution in [-0.2, 0) is 21.4 Å². The number of piperidine rings is 1. The Kier molecular flexibility index (Phi) is 6.72. The summed E-state index contributed by atoms with van der Waals surface area (Å²) in [5.74, 6) is -0.481. The van der Waals surface area contributed by atoms with Crippen molar-refractivity contribution in [2.75, 3.05) is 13.1 Å². The van der Waals surface area contributed by atoms with Gasteiger partial charge in [-0.05, 0) is 49.6 Å². The highest BCUT2D eigenvalue weighted by molar-refractivity contribution is 7.89. The maximum Gasteiger partial charge on any atom is 0.243 e. The fourth-order valence-electron chi connectivity index (χ4n) is 3.32. The van der Waals surface area contributed by atoms with Crippen molar-refractivity contribution in [1.82, 2.24) is 9.62 Å². The Morgan fingerprint density at radius 3 is 2.38 bits per heavy atom. The number of carbonyl (C=O) groups excluding carboxylic acids is 2. The summed E-state index contributed by atoms with van der Waals surface area (Å²) in [7, 11) is -3.69. The summed E-state index contributed by atoms with van der Waals surface area (Å²) in [6.45, 7) is 2.35. The highest BCUT2D eigenvalue weighted by atomic mass is 35.5. The van der Waals surface area contributed by atoms with Crippen molar-refractivity contribution in [2.45, 2.75) is 31.2 Å². The van der Waals surface area contributed by atoms with Gasteiger partial charge in [-0.15, -0.1) is 0 Å². The lowest BCUT2D eigenvalue weighted by Gasteiger charge is -2.30. The lowest BCUT2D eigenvalue weighted by atomic mass is 9.97. The van der Waals surface area contributed by atoms with Gasteiger partial charge in [0.25, 0.3) is 0 Å². The lowest BCUT2D eigenvalue weighted by Crippen LogP contribution is -2.42. The molecule has 0 radical (unpaired) electrons. The van der Waals surface area contributed by atoms with E-state index in [1.54, 1.807) is 24.3 Å². The van der Waals surface area contributed by atoms with Gasteiger partial charge in [0.15, 0.2) is 5.78 Å². The van der Waals surface area contributed by atoms with Gasteiger partial charge < -0.3 is 5.32 Å². The van der Waals surface area contributed by atoms with E-state index in [2.05, 4.69) is 5.32 Å². The predicted molar refractivity (Wildman–Crippen MR) is 111 cm³/mol. The second-order valence-corrected chi connectivity index (χ2v) is 9.48. The van der Waals surface area contributed by atoms with Gasteiger partial charge in [0, 0.05) is 36.1 Å². The van der Waals surface area contributed by atoms with Crippen LogP contribution >= 0.6 is 11.6 Å². The van der Waals surface area contributed by atoms with E-state index in [1.807, 2.05) is 12.1 Å². The molecule has 1 heterocycles. The van der Waals surface area contributed by atoms with Gasteiger partial charge in [-0.3, -0.25) is 9.59 Å². The van der Waals surface area contributed by atoms with Crippen LogP contribution in [-0.4, -0.2) is 37.5 Å². The van der Waals surface area contributed by atoms with Gasteiger partial charge in [-0.25, -0.2) is 8.42 Å². The summed E-state index contributed by atoms with van der Waals surface area (Å²) in [6.07, 6.45) is 0.913. The number of nitrogens with one attached hydrogen (secondary N) is 1. The molecule has 0 saturated carbocycles. The van der Waals surface area contributed by atoms with Gasteiger partial charge in [0.1, 0.15) is 0 Å². The van der Waals surface area contributed by atoms with Gasteiger partial charge in [-0.2, -0.15) is 4.31 Å². The fourth-order valence-corrected chi connectivity index (χ4v) is 4.96. The molecule has 0 unspecified atom stereocenters. The molecule has 0 aliphatic carbocycles. The number of carbonyl (C=O) groups is 2. The molecule has 6 nitrogen and oxygen atoms in total. The largest absolute Gasteiger partial charge is 0.352 e. The standard InChI is InChI=1S/C21H23ClN2O4S/c1-15(25)18-3-2-4-20(13-18)29(27,28)24-11-9-17(10-12-24)21(26)23-14-16-5-7-19(22)8-6-16/h2-8,13,17H,9-12,14H2,1H3,(H,23,26). The highest BCUT2D eigenvalue weighted by Crippen LogP contribution is 2.24. The number of halogens is 1. The molecule has 1 fully saturated rings. The number of rotatable bonds is 6. The summed E-state index contributed by atoms with van der Waals surface area (Å²) in [5, 5.41) is 3.55. The number of Topliss-reactive ketones (excluding diaryl/α,β-unsaturated/α-hetero) is 1. The van der Waals surface area contributed by atoms with Crippen LogP contribution in [0.3, 0.4) is 0 Å². The number of hydrogen-bond acceptors (Lipinski definition) is 4. The Hall–Kier alpha value is -2.22. The molecule has 2 aromatic carbocycles. The van der Waals surface area contributed by atoms with E-state index in [0.29, 0.717) is 30.0 Å². The Morgan fingerprint density at radius 1 is 1.10 bits per heavy atom. The first-order chi connectivity index (χ1) is 13.8. The molecule has 2 aromatic rings. The van der Waals surface area contributed by atoms with Crippen molar-refractivity contribution in [1.29, 1.82) is 0 Å². The summed E-state index contributed by atoms with van der Waals surface area (Å²) in [6, 6.07) is 13.3. The van der Waals surface area contributed by atoms with Crippen LogP contribution in [0.4, 0.5) is 0 Å². The van der Waals surface area contributed by atoms with E-state index >= 15 is 0 Å². The number of ketones is 1. The van der Waals surface area contributed by atoms with Gasteiger partial charge in [-0.1, -0.05) is 35.9 Å². The number of sulfonamides is 1. The maximum atomic E-state index is 12.9. The lowest BCUT2D eigenvalue weighted by molar-refractivity contribution is -0.126. The molecule has 1 N–H and O–H groups in total. The minimum absolute atomic E-state index is 0.0735. The second kappa shape index (κ2) is 9.07. The number of hydrogen-bond donors (Lipinski definition) is 1. The topological polar surface area (TPSA) is 83.6 Å². The zero-order valence-corrected chi connectivity index (χ0v) is 17.7. The molecule has 1 aliphatic heterocycles. The molecular formula is C21H23ClN2O4S. The maximum absolute atomic E-state index is 12.9. The van der Waals surface area contributed by atoms with Crippen LogP contribution in [0.5, 0.6) is 0 Å². The summed E-state index contributed by atoms with van der Waals surface area (Å²) >= 11 is 5.86. The van der Waals surface area contributed by atoms with Crippen molar-refractivity contribution < 1.29 is 18.0 Å². The van der Waals surface area contributed by atoms with E-state index in [1.165, 1.54) is 23.4 Å². The molecule has 154 valence electrons. The first-order valence-corrected chi connectivity index (χ1v) is 11.2. The van der Waals surface area contributed by atoms with Crippen LogP contribution in [0.1, 0.15) is 35.7 Å². The van der Waals surface area contributed by atoms with Crippen LogP contribution < -0.4 is 5.32 Å². The van der Waals surface area contributed by atoms with Crippen molar-refractivity contribution in [3.05, 3.63) is 64.7 Å². The molecule has 0 atom stereocenters. The van der Waals surface area contributed by atoms with E-state index < -0.39 is 10.0 Å². The minimum Gasteiger partial charge on any atom is -0.352 e. The normalized spacial score (nSPS) is 15.8. The van der Waals surface area contributed by atoms with Gasteiger partial charge in [0.2, 0.25) is 15.9 Å². The van der Waals surface area contributed by atoms with Crippen molar-refractivity contribution in [2.24, 2.45) is 5.92 Å². The van der Waals surface area contributed by atoms with E-state index in [9.17, 15) is 18.0 Å². The summed E-state index contributed by atoms with van der Waals surface area (Å²) in [5.41, 5.74) is 1.32. The molecular weight excluding hydrogens is 412 g/mol. The Bertz CT molecular complexity index is 998. The molecule has 8 heteroatoms. The molecule has 3 rings (SSSR count). The number of benzene rings is 2. The average Bonchev–Trinajstić information content (AvgIpc) is 2.73. The van der Waals surface area contributed by atoms with E-state index in [4.69, 9.17) is 11.6 Å². The Balaban J connectivity index is 1.58. The molecule has 0 aromatic heterocycles. The van der Waals surface area contributed by atoms with Gasteiger partial charge >= 0.3 is 0 Å². The molecule has 1 amide bonds. The van der Waals surface area contributed by atoms with Crippen LogP contribution in [0.15, 0.2) is 53.4 Å². The minimum atomic E-state index is -3.69. The molecule has 1 saturated heterocycles. The first-order valence-electron chi connectivity index (χ1n) is 9.40. The monoisotopic (exact) mass is 434 g/mol. The number of amides is 1. The molecule has 0 bridgehead atoms. The van der Waals surface area contributed by atoms with Crippen molar-refractivity contribution in [3.63, 3.8) is 0 Å². The predicted octanol–water partition coefficient (Wildman–Crippen LogP) is 3.26. The SMILES string of the molecule is CC(=O)c1cccc(S(=O)(=O)N2CCC(C(=O)NCc3ccc(Cl)cc3)CC2)c1. The van der Waals surface area contributed by atoms with Crippen LogP contribution in [0, 0.1) is 5.92 Å². The zero-order valence-electron chi connectivity index (χ0n) is 16.1. The summed E-state index contributed by atoms with van der Waals surface area (Å²) in [4.78, 5) is 24.1. The highest BCUT2D eigenvalue weighted by Gasteiger charge is 2.32. The van der Waals surface area contributed by atoms with Gasteiger partial charge in [0.05, 0.1) is 4.90 Å². The molecule has 29 heavy (non-hydrogen) atoms. The first kappa shape index (κ1) is 21.5. The molecule has 0 spiro atoms. The van der Waals surface area contributed by atoms with Crippen molar-refractivity contribution in [3.8, 4) is 0 Å². The Morgan fingerprint density at radius 2 is 1.76 bits per heavy atom. The van der Waals surface area contributed by atoms with E-state index in [0.717, 1.165) is 5.56 Å². The van der Waals surface area contributed by atoms with E-state index in [-0.39, 0.29) is 35.6 Å². The second-order valence-electron chi connectivity index (χ2n) is 7.11. The summed E-state index contributed by atoms with van der Waals surface area (Å²) < 4.78 is 27.1. The smallest absolute Gasteiger partial charge is 0.243 e. The molecule has 1 aliphatic rings. The quantitative estimate of drug-likeness (QED) is 0.707. The fraction of sp³-hybridized carbons (Fsp3) is 0.333. The van der Waals surface area contributed by atoms with Crippen LogP contribution in [0.25, 0.3) is 0 Å². The van der Waals surface area contributed by atoms with Crippen molar-refractivity contribution >= 4 is 33.3 Å². The number of nitrogens with zero attached hydrogens (tertiary/aromatic N) is 1. The third-order valence-corrected chi connectivity index (χ3v) is 7.23. The third kappa shape index (κ3) is 5.23. The third-order valence-electron chi connectivity index (χ3n) is 5.08. The average molecular weight is 435 g/mol.